The van der Waals surface area contributed by atoms with Gasteiger partial charge in [-0.1, -0.05) is 0 Å². The molecule has 0 saturated carbocycles. The van der Waals surface area contributed by atoms with E-state index in [0.717, 1.165) is 0 Å². The predicted octanol–water partition coefficient (Wildman–Crippen LogP) is -5.97. The third-order valence-corrected chi connectivity index (χ3v) is 2.81. The standard InChI is InChI=1S/2C7H5FO5.Li.Rb/c2*8-4-2(7(12)13)1-3(9)5(10)6(4)11;;/h2*1,9-11H,(H,12,13);;/q;;2*+1/p-2. The molecule has 0 radical (unpaired) electrons. The Morgan fingerprint density at radius 2 is 1.00 bits per heavy atom. The maximum Gasteiger partial charge on any atom is 1.00 e. The minimum Gasteiger partial charge on any atom is -0.868 e. The van der Waals surface area contributed by atoms with Crippen LogP contribution in [-0.2, 0) is 0 Å². The van der Waals surface area contributed by atoms with E-state index in [0.29, 0.717) is 12.1 Å². The molecule has 2 aromatic rings. The van der Waals surface area contributed by atoms with Crippen molar-refractivity contribution in [3.8, 4) is 34.5 Å². The molecule has 0 atom stereocenters. The number of carboxylic acid groups (broad SMARTS) is 2. The fourth-order valence-corrected chi connectivity index (χ4v) is 1.53. The first-order valence-corrected chi connectivity index (χ1v) is 6.19. The van der Waals surface area contributed by atoms with E-state index < -0.39 is 69.2 Å². The Kier molecular flexibility index (Phi) is 11.7. The van der Waals surface area contributed by atoms with Gasteiger partial charge in [-0.05, 0) is 11.5 Å². The van der Waals surface area contributed by atoms with Gasteiger partial charge in [0.15, 0.2) is 23.0 Å². The number of carbonyl (C=O) groups is 2. The van der Waals surface area contributed by atoms with Gasteiger partial charge in [-0.25, -0.2) is 18.4 Å². The first kappa shape index (κ1) is 28.7. The minimum atomic E-state index is -1.69. The van der Waals surface area contributed by atoms with E-state index in [1.807, 2.05) is 0 Å². The molecule has 0 bridgehead atoms. The quantitative estimate of drug-likeness (QED) is 0.183. The van der Waals surface area contributed by atoms with Gasteiger partial charge in [-0.2, -0.15) is 0 Å². The van der Waals surface area contributed by atoms with Crippen molar-refractivity contribution in [1.82, 2.24) is 0 Å². The average Bonchev–Trinajstić information content (AvgIpc) is 2.57. The van der Waals surface area contributed by atoms with Crippen molar-refractivity contribution in [1.29, 1.82) is 0 Å². The number of hydrogen-bond acceptors (Lipinski definition) is 8. The van der Waals surface area contributed by atoms with Crippen LogP contribution in [0.5, 0.6) is 34.5 Å². The largest absolute Gasteiger partial charge is 1.00 e. The van der Waals surface area contributed by atoms with E-state index >= 15 is 0 Å². The van der Waals surface area contributed by atoms with Gasteiger partial charge in [-0.3, -0.25) is 0 Å². The fraction of sp³-hybridized carbons (Fsp3) is 0. The summed E-state index contributed by atoms with van der Waals surface area (Å²) in [4.78, 5) is 20.5. The maximum atomic E-state index is 12.7. The smallest absolute Gasteiger partial charge is 0.868 e. The van der Waals surface area contributed by atoms with Gasteiger partial charge < -0.3 is 40.9 Å². The van der Waals surface area contributed by atoms with Crippen molar-refractivity contribution >= 4 is 11.9 Å². The van der Waals surface area contributed by atoms with Crippen LogP contribution in [0.25, 0.3) is 0 Å². The monoisotopic (exact) mass is 466 g/mol. The van der Waals surface area contributed by atoms with Crippen LogP contribution < -0.4 is 87.3 Å². The second kappa shape index (κ2) is 11.4. The number of hydrogen-bond donors (Lipinski definition) is 6. The van der Waals surface area contributed by atoms with E-state index in [4.69, 9.17) is 30.6 Å². The number of benzene rings is 2. The minimum absolute atomic E-state index is 0. The summed E-state index contributed by atoms with van der Waals surface area (Å²) >= 11 is 0. The molecule has 0 unspecified atom stereocenters. The van der Waals surface area contributed by atoms with Gasteiger partial charge in [0.05, 0.1) is 11.1 Å². The molecule has 28 heavy (non-hydrogen) atoms. The zero-order valence-electron chi connectivity index (χ0n) is 14.2. The molecule has 0 fully saturated rings. The van der Waals surface area contributed by atoms with E-state index in [-0.39, 0.29) is 77.0 Å². The molecule has 0 heterocycles. The van der Waals surface area contributed by atoms with Crippen molar-refractivity contribution in [3.63, 3.8) is 0 Å². The fourth-order valence-electron chi connectivity index (χ4n) is 1.53. The number of rotatable bonds is 2. The van der Waals surface area contributed by atoms with Crippen LogP contribution >= 0.6 is 0 Å². The number of aromatic hydroxyl groups is 4. The number of phenolic OH excluding ortho intramolecular Hbond substituents is 4. The van der Waals surface area contributed by atoms with E-state index in [1.54, 1.807) is 0 Å². The Hall–Kier alpha value is -1.56. The van der Waals surface area contributed by atoms with Gasteiger partial charge in [0.25, 0.3) is 0 Å². The zero-order valence-corrected chi connectivity index (χ0v) is 19.1. The summed E-state index contributed by atoms with van der Waals surface area (Å²) in [5.74, 6) is -13.9. The molecule has 0 aromatic heterocycles. The maximum absolute atomic E-state index is 12.7. The first-order valence-electron chi connectivity index (χ1n) is 6.19. The molecule has 0 saturated heterocycles. The first-order chi connectivity index (χ1) is 11.9. The summed E-state index contributed by atoms with van der Waals surface area (Å²) in [6.07, 6.45) is 0. The van der Waals surface area contributed by atoms with Crippen molar-refractivity contribution in [2.24, 2.45) is 0 Å². The molecule has 0 amide bonds. The number of phenols is 4. The summed E-state index contributed by atoms with van der Waals surface area (Å²) in [7, 11) is 0. The molecule has 2 aromatic carbocycles. The van der Waals surface area contributed by atoms with Crippen LogP contribution in [0.4, 0.5) is 8.78 Å². The molecule has 6 N–H and O–H groups in total. The summed E-state index contributed by atoms with van der Waals surface area (Å²) in [6.45, 7) is 0. The third kappa shape index (κ3) is 6.23. The van der Waals surface area contributed by atoms with Crippen LogP contribution in [0.3, 0.4) is 0 Å². The molecule has 2 rings (SSSR count). The van der Waals surface area contributed by atoms with Gasteiger partial charge in [0.2, 0.25) is 0 Å². The van der Waals surface area contributed by atoms with Crippen molar-refractivity contribution in [3.05, 3.63) is 34.9 Å². The molecular formula is C14H8F2LiO10Rb. The SMILES string of the molecule is O=C(O)c1cc(O)c(O)c([O-])c1F.O=C(O)c1cc(O)c(O)c([O-])c1F.[Li+].[Rb+]. The third-order valence-electron chi connectivity index (χ3n) is 2.81. The van der Waals surface area contributed by atoms with Crippen molar-refractivity contribution in [2.75, 3.05) is 0 Å². The predicted molar refractivity (Wildman–Crippen MR) is 72.3 cm³/mol. The summed E-state index contributed by atoms with van der Waals surface area (Å²) in [5.41, 5.74) is -1.94. The number of carboxylic acids is 2. The average molecular weight is 467 g/mol. The topological polar surface area (TPSA) is 202 Å². The Morgan fingerprint density at radius 3 is 1.21 bits per heavy atom. The normalized spacial score (nSPS) is 9.21. The van der Waals surface area contributed by atoms with Crippen LogP contribution in [-0.4, -0.2) is 42.6 Å². The van der Waals surface area contributed by atoms with Crippen LogP contribution in [0, 0.1) is 11.6 Å². The van der Waals surface area contributed by atoms with Gasteiger partial charge >= 0.3 is 89.0 Å². The van der Waals surface area contributed by atoms with Gasteiger partial charge in [0, 0.05) is 12.1 Å². The van der Waals surface area contributed by atoms with Crippen LogP contribution in [0.15, 0.2) is 12.1 Å². The van der Waals surface area contributed by atoms with Crippen molar-refractivity contribution in [2.45, 2.75) is 0 Å². The summed E-state index contributed by atoms with van der Waals surface area (Å²) in [5, 5.41) is 72.9. The Bertz CT molecular complexity index is 833. The molecule has 0 aliphatic carbocycles. The van der Waals surface area contributed by atoms with E-state index in [9.17, 15) is 28.6 Å². The summed E-state index contributed by atoms with van der Waals surface area (Å²) < 4.78 is 25.5. The number of halogens is 2. The molecule has 10 nitrogen and oxygen atoms in total. The molecule has 140 valence electrons. The number of aromatic carboxylic acids is 2. The van der Waals surface area contributed by atoms with Crippen molar-refractivity contribution < 1.29 is 136 Å². The van der Waals surface area contributed by atoms with E-state index in [2.05, 4.69) is 0 Å². The van der Waals surface area contributed by atoms with Gasteiger partial charge in [0.1, 0.15) is 11.6 Å². The second-order valence-electron chi connectivity index (χ2n) is 4.48. The van der Waals surface area contributed by atoms with E-state index in [1.165, 1.54) is 0 Å². The van der Waals surface area contributed by atoms with Crippen LogP contribution in [0.1, 0.15) is 20.7 Å². The summed E-state index contributed by atoms with van der Waals surface area (Å²) in [6, 6.07) is 0.933. The molecule has 14 heteroatoms. The molecular weight excluding hydrogens is 459 g/mol. The Labute approximate surface area is 215 Å². The molecule has 0 aliphatic heterocycles. The Morgan fingerprint density at radius 1 is 0.750 bits per heavy atom. The Balaban J connectivity index is 0. The van der Waals surface area contributed by atoms with Gasteiger partial charge in [-0.15, -0.1) is 0 Å². The zero-order chi connectivity index (χ0) is 20.3. The molecule has 0 spiro atoms. The molecule has 0 aliphatic rings. The second-order valence-corrected chi connectivity index (χ2v) is 4.48. The van der Waals surface area contributed by atoms with Crippen LogP contribution in [0.2, 0.25) is 0 Å².